The van der Waals surface area contributed by atoms with E-state index in [1.165, 1.54) is 12.1 Å². The normalized spacial score (nSPS) is 10.8. The zero-order valence-corrected chi connectivity index (χ0v) is 17.9. The highest BCUT2D eigenvalue weighted by Gasteiger charge is 2.13. The van der Waals surface area contributed by atoms with Gasteiger partial charge in [0.2, 0.25) is 0 Å². The van der Waals surface area contributed by atoms with E-state index in [0.29, 0.717) is 41.0 Å². The fourth-order valence-corrected chi connectivity index (χ4v) is 3.14. The van der Waals surface area contributed by atoms with Crippen LogP contribution in [0.1, 0.15) is 23.6 Å². The average molecular weight is 440 g/mol. The fraction of sp³-hybridized carbons (Fsp3) is 0.174. The van der Waals surface area contributed by atoms with Crippen LogP contribution in [0.15, 0.2) is 65.8 Å². The molecule has 1 N–H and O–H groups in total. The molecule has 0 amide bonds. The molecule has 160 valence electrons. The van der Waals surface area contributed by atoms with Gasteiger partial charge in [0.25, 0.3) is 5.69 Å². The van der Waals surface area contributed by atoms with Crippen molar-refractivity contribution < 1.29 is 14.4 Å². The van der Waals surface area contributed by atoms with Gasteiger partial charge in [-0.05, 0) is 49.2 Å². The maximum atomic E-state index is 10.7. The molecule has 8 heteroatoms. The number of ether oxygens (including phenoxy) is 2. The van der Waals surface area contributed by atoms with Crippen molar-refractivity contribution in [2.24, 2.45) is 5.10 Å². The number of aryl methyl sites for hydroxylation is 1. The minimum absolute atomic E-state index is 0.0175. The number of anilines is 1. The predicted octanol–water partition coefficient (Wildman–Crippen LogP) is 5.98. The van der Waals surface area contributed by atoms with Crippen molar-refractivity contribution in [1.29, 1.82) is 0 Å². The average Bonchev–Trinajstić information content (AvgIpc) is 2.74. The Labute approximate surface area is 185 Å². The Bertz CT molecular complexity index is 1080. The Morgan fingerprint density at radius 2 is 1.90 bits per heavy atom. The van der Waals surface area contributed by atoms with Gasteiger partial charge < -0.3 is 9.47 Å². The molecule has 0 atom stereocenters. The summed E-state index contributed by atoms with van der Waals surface area (Å²) in [4.78, 5) is 10.3. The number of nitro benzene ring substituents is 1. The minimum Gasteiger partial charge on any atom is -0.490 e. The smallest absolute Gasteiger partial charge is 0.269 e. The lowest BCUT2D eigenvalue weighted by Gasteiger charge is -2.14. The number of non-ortho nitro benzene ring substituents is 1. The van der Waals surface area contributed by atoms with Gasteiger partial charge in [0, 0.05) is 12.1 Å². The molecular formula is C23H22ClN3O4. The van der Waals surface area contributed by atoms with Gasteiger partial charge in [-0.3, -0.25) is 15.5 Å². The number of halogens is 1. The van der Waals surface area contributed by atoms with Gasteiger partial charge in [0.15, 0.2) is 11.5 Å². The molecule has 0 aromatic heterocycles. The number of hydrogen-bond donors (Lipinski definition) is 1. The van der Waals surface area contributed by atoms with Crippen LogP contribution in [-0.4, -0.2) is 17.7 Å². The molecule has 0 aliphatic rings. The van der Waals surface area contributed by atoms with E-state index in [0.717, 1.165) is 11.1 Å². The molecule has 0 bridgehead atoms. The molecule has 0 aliphatic carbocycles. The number of rotatable bonds is 9. The standard InChI is InChI=1S/C23H22ClN3O4/c1-3-30-22-13-18(14-25-26-19-7-9-20(10-8-19)27(28)29)12-21(24)23(22)31-15-17-6-4-5-16(2)11-17/h4-14,26H,3,15H2,1-2H3/b25-14+. The molecule has 0 spiro atoms. The first-order valence-electron chi connectivity index (χ1n) is 9.64. The number of nitro groups is 1. The second-order valence-corrected chi connectivity index (χ2v) is 7.12. The van der Waals surface area contributed by atoms with Crippen molar-refractivity contribution >= 4 is 29.2 Å². The second kappa shape index (κ2) is 10.4. The molecule has 0 heterocycles. The molecule has 0 aliphatic heterocycles. The topological polar surface area (TPSA) is 86.0 Å². The summed E-state index contributed by atoms with van der Waals surface area (Å²) >= 11 is 6.46. The highest BCUT2D eigenvalue weighted by Crippen LogP contribution is 2.37. The molecular weight excluding hydrogens is 418 g/mol. The summed E-state index contributed by atoms with van der Waals surface area (Å²) < 4.78 is 11.7. The SMILES string of the molecule is CCOc1cc(/C=N/Nc2ccc([N+](=O)[O-])cc2)cc(Cl)c1OCc1cccc(C)c1. The van der Waals surface area contributed by atoms with Crippen LogP contribution in [0.25, 0.3) is 0 Å². The van der Waals surface area contributed by atoms with Gasteiger partial charge in [-0.25, -0.2) is 0 Å². The zero-order chi connectivity index (χ0) is 22.2. The van der Waals surface area contributed by atoms with Crippen LogP contribution in [0.5, 0.6) is 11.5 Å². The predicted molar refractivity (Wildman–Crippen MR) is 122 cm³/mol. The van der Waals surface area contributed by atoms with E-state index in [2.05, 4.69) is 16.6 Å². The van der Waals surface area contributed by atoms with E-state index in [1.54, 1.807) is 30.5 Å². The molecule has 0 saturated carbocycles. The van der Waals surface area contributed by atoms with Crippen molar-refractivity contribution in [2.45, 2.75) is 20.5 Å². The van der Waals surface area contributed by atoms with Gasteiger partial charge in [-0.2, -0.15) is 5.10 Å². The monoisotopic (exact) mass is 439 g/mol. The summed E-state index contributed by atoms with van der Waals surface area (Å²) in [6.45, 7) is 4.74. The van der Waals surface area contributed by atoms with Gasteiger partial charge in [0.1, 0.15) is 6.61 Å². The van der Waals surface area contributed by atoms with Crippen molar-refractivity contribution in [3.05, 3.63) is 92.5 Å². The van der Waals surface area contributed by atoms with E-state index in [9.17, 15) is 10.1 Å². The zero-order valence-electron chi connectivity index (χ0n) is 17.2. The van der Waals surface area contributed by atoms with E-state index in [1.807, 2.05) is 32.0 Å². The van der Waals surface area contributed by atoms with Crippen molar-refractivity contribution in [3.8, 4) is 11.5 Å². The summed E-state index contributed by atoms with van der Waals surface area (Å²) in [5.74, 6) is 1.00. The van der Waals surface area contributed by atoms with Crippen molar-refractivity contribution in [1.82, 2.24) is 0 Å². The van der Waals surface area contributed by atoms with Crippen LogP contribution in [0.3, 0.4) is 0 Å². The molecule has 0 saturated heterocycles. The van der Waals surface area contributed by atoms with Crippen LogP contribution in [0.4, 0.5) is 11.4 Å². The second-order valence-electron chi connectivity index (χ2n) is 6.71. The lowest BCUT2D eigenvalue weighted by molar-refractivity contribution is -0.384. The van der Waals surface area contributed by atoms with Crippen LogP contribution in [-0.2, 0) is 6.61 Å². The third-order valence-corrected chi connectivity index (χ3v) is 4.56. The maximum Gasteiger partial charge on any atom is 0.269 e. The van der Waals surface area contributed by atoms with E-state index in [4.69, 9.17) is 21.1 Å². The fourth-order valence-electron chi connectivity index (χ4n) is 2.86. The Balaban J connectivity index is 1.72. The molecule has 0 fully saturated rings. The van der Waals surface area contributed by atoms with E-state index in [-0.39, 0.29) is 5.69 Å². The van der Waals surface area contributed by atoms with Crippen molar-refractivity contribution in [3.63, 3.8) is 0 Å². The first-order chi connectivity index (χ1) is 15.0. The van der Waals surface area contributed by atoms with Gasteiger partial charge in [-0.1, -0.05) is 41.4 Å². The summed E-state index contributed by atoms with van der Waals surface area (Å²) in [7, 11) is 0. The quantitative estimate of drug-likeness (QED) is 0.252. The number of nitrogens with one attached hydrogen (secondary N) is 1. The summed E-state index contributed by atoms with van der Waals surface area (Å²) in [5.41, 5.74) is 6.38. The molecule has 0 radical (unpaired) electrons. The van der Waals surface area contributed by atoms with Gasteiger partial charge in [0.05, 0.1) is 28.5 Å². The molecule has 3 aromatic rings. The van der Waals surface area contributed by atoms with Crippen LogP contribution < -0.4 is 14.9 Å². The lowest BCUT2D eigenvalue weighted by atomic mass is 10.1. The third-order valence-electron chi connectivity index (χ3n) is 4.28. The van der Waals surface area contributed by atoms with Crippen LogP contribution >= 0.6 is 11.6 Å². The number of nitrogens with zero attached hydrogens (tertiary/aromatic N) is 2. The summed E-state index contributed by atoms with van der Waals surface area (Å²) in [6.07, 6.45) is 1.58. The number of benzene rings is 3. The third kappa shape index (κ3) is 6.20. The largest absolute Gasteiger partial charge is 0.490 e. The minimum atomic E-state index is -0.451. The van der Waals surface area contributed by atoms with E-state index < -0.39 is 4.92 Å². The lowest BCUT2D eigenvalue weighted by Crippen LogP contribution is -2.02. The maximum absolute atomic E-state index is 10.7. The molecule has 3 rings (SSSR count). The molecule has 31 heavy (non-hydrogen) atoms. The number of hydrogen-bond acceptors (Lipinski definition) is 6. The Kier molecular flexibility index (Phi) is 7.45. The first kappa shape index (κ1) is 22.1. The van der Waals surface area contributed by atoms with Gasteiger partial charge >= 0.3 is 0 Å². The molecule has 3 aromatic carbocycles. The Morgan fingerprint density at radius 3 is 2.58 bits per heavy atom. The molecule has 0 unspecified atom stereocenters. The van der Waals surface area contributed by atoms with Crippen LogP contribution in [0.2, 0.25) is 5.02 Å². The highest BCUT2D eigenvalue weighted by atomic mass is 35.5. The molecule has 7 nitrogen and oxygen atoms in total. The van der Waals surface area contributed by atoms with Gasteiger partial charge in [-0.15, -0.1) is 0 Å². The highest BCUT2D eigenvalue weighted by molar-refractivity contribution is 6.32. The van der Waals surface area contributed by atoms with E-state index >= 15 is 0 Å². The Hall–Kier alpha value is -3.58. The summed E-state index contributed by atoms with van der Waals surface area (Å²) in [5, 5.41) is 15.3. The summed E-state index contributed by atoms with van der Waals surface area (Å²) in [6, 6.07) is 17.6. The van der Waals surface area contributed by atoms with Crippen LogP contribution in [0, 0.1) is 17.0 Å². The first-order valence-corrected chi connectivity index (χ1v) is 10.0. The number of hydrazone groups is 1. The van der Waals surface area contributed by atoms with Crippen molar-refractivity contribution in [2.75, 3.05) is 12.0 Å². The Morgan fingerprint density at radius 1 is 1.13 bits per heavy atom.